The number of nitrogens with zero attached hydrogens (tertiary/aromatic N) is 1. The van der Waals surface area contributed by atoms with E-state index >= 15 is 0 Å². The van der Waals surface area contributed by atoms with E-state index in [2.05, 4.69) is 24.1 Å². The van der Waals surface area contributed by atoms with Gasteiger partial charge in [0.05, 0.1) is 0 Å². The monoisotopic (exact) mass is 186 g/mol. The number of nitrogens with one attached hydrogen (secondary N) is 1. The lowest BCUT2D eigenvalue weighted by Crippen LogP contribution is -2.49. The van der Waals surface area contributed by atoms with Gasteiger partial charge >= 0.3 is 0 Å². The maximum atomic E-state index is 9.08. The van der Waals surface area contributed by atoms with Crippen LogP contribution in [0.3, 0.4) is 0 Å². The predicted octanol–water partition coefficient (Wildman–Crippen LogP) is 0.299. The van der Waals surface area contributed by atoms with Gasteiger partial charge in [-0.1, -0.05) is 13.8 Å². The van der Waals surface area contributed by atoms with Crippen LogP contribution in [0.25, 0.3) is 0 Å². The fourth-order valence-corrected chi connectivity index (χ4v) is 2.16. The number of hydrogen-bond acceptors (Lipinski definition) is 3. The van der Waals surface area contributed by atoms with Gasteiger partial charge < -0.3 is 10.4 Å². The normalized spacial score (nSPS) is 29.5. The summed E-state index contributed by atoms with van der Waals surface area (Å²) in [5.74, 6) is 0.458. The molecule has 0 bridgehead atoms. The van der Waals surface area contributed by atoms with Gasteiger partial charge in [0.15, 0.2) is 0 Å². The highest BCUT2D eigenvalue weighted by Gasteiger charge is 2.24. The van der Waals surface area contributed by atoms with Crippen LogP contribution in [-0.2, 0) is 0 Å². The summed E-state index contributed by atoms with van der Waals surface area (Å²) in [6.07, 6.45) is 1.14. The first-order valence-electron chi connectivity index (χ1n) is 5.37. The molecule has 1 aliphatic heterocycles. The average Bonchev–Trinajstić information content (AvgIpc) is 2.20. The lowest BCUT2D eigenvalue weighted by Gasteiger charge is -2.36. The first-order valence-corrected chi connectivity index (χ1v) is 5.37. The summed E-state index contributed by atoms with van der Waals surface area (Å²) in [5.41, 5.74) is 0. The van der Waals surface area contributed by atoms with Crippen molar-refractivity contribution in [3.63, 3.8) is 0 Å². The lowest BCUT2D eigenvalue weighted by molar-refractivity contribution is 0.119. The van der Waals surface area contributed by atoms with Crippen molar-refractivity contribution in [1.29, 1.82) is 0 Å². The van der Waals surface area contributed by atoms with Gasteiger partial charge in [0.1, 0.15) is 0 Å². The predicted molar refractivity (Wildman–Crippen MR) is 54.8 cm³/mol. The smallest absolute Gasteiger partial charge is 0.0472 e. The van der Waals surface area contributed by atoms with E-state index in [9.17, 15) is 0 Å². The number of piperidine rings is 1. The van der Waals surface area contributed by atoms with Gasteiger partial charge in [0.2, 0.25) is 0 Å². The third-order valence-corrected chi connectivity index (χ3v) is 3.01. The summed E-state index contributed by atoms with van der Waals surface area (Å²) in [6, 6.07) is 0.626. The molecule has 1 heterocycles. The van der Waals surface area contributed by atoms with Crippen LogP contribution in [0.2, 0.25) is 0 Å². The summed E-state index contributed by atoms with van der Waals surface area (Å²) >= 11 is 0. The minimum absolute atomic E-state index is 0.324. The van der Waals surface area contributed by atoms with Gasteiger partial charge in [0, 0.05) is 25.7 Å². The SMILES string of the molecule is CCN(CC)C1CNCC(CO)C1. The van der Waals surface area contributed by atoms with Gasteiger partial charge in [-0.2, -0.15) is 0 Å². The maximum Gasteiger partial charge on any atom is 0.0472 e. The standard InChI is InChI=1S/C10H22N2O/c1-3-12(4-2)10-5-9(8-13)6-11-7-10/h9-11,13H,3-8H2,1-2H3. The first-order chi connectivity index (χ1) is 6.31. The molecular weight excluding hydrogens is 164 g/mol. The molecule has 1 fully saturated rings. The molecule has 2 unspecified atom stereocenters. The molecule has 2 N–H and O–H groups in total. The Morgan fingerprint density at radius 2 is 2.00 bits per heavy atom. The van der Waals surface area contributed by atoms with E-state index < -0.39 is 0 Å². The molecule has 0 spiro atoms. The highest BCUT2D eigenvalue weighted by atomic mass is 16.3. The highest BCUT2D eigenvalue weighted by molar-refractivity contribution is 4.82. The Morgan fingerprint density at radius 1 is 1.31 bits per heavy atom. The summed E-state index contributed by atoms with van der Waals surface area (Å²) in [7, 11) is 0. The zero-order valence-electron chi connectivity index (χ0n) is 8.79. The fourth-order valence-electron chi connectivity index (χ4n) is 2.16. The molecular formula is C10H22N2O. The number of hydrogen-bond donors (Lipinski definition) is 2. The summed E-state index contributed by atoms with van der Waals surface area (Å²) in [6.45, 7) is 9.01. The maximum absolute atomic E-state index is 9.08. The molecule has 13 heavy (non-hydrogen) atoms. The second-order valence-corrected chi connectivity index (χ2v) is 3.82. The van der Waals surface area contributed by atoms with E-state index in [4.69, 9.17) is 5.11 Å². The summed E-state index contributed by atoms with van der Waals surface area (Å²) in [5, 5.41) is 12.5. The Morgan fingerprint density at radius 3 is 2.54 bits per heavy atom. The Kier molecular flexibility index (Phi) is 4.70. The van der Waals surface area contributed by atoms with E-state index in [0.29, 0.717) is 18.6 Å². The molecule has 3 nitrogen and oxygen atoms in total. The number of aliphatic hydroxyl groups is 1. The average molecular weight is 186 g/mol. The fraction of sp³-hybridized carbons (Fsp3) is 1.00. The zero-order valence-corrected chi connectivity index (χ0v) is 8.79. The molecule has 0 aliphatic carbocycles. The number of aliphatic hydroxyl groups excluding tert-OH is 1. The molecule has 0 aromatic heterocycles. The van der Waals surface area contributed by atoms with Gasteiger partial charge in [-0.15, -0.1) is 0 Å². The van der Waals surface area contributed by atoms with E-state index in [-0.39, 0.29) is 0 Å². The first kappa shape index (κ1) is 11.0. The van der Waals surface area contributed by atoms with Crippen LogP contribution < -0.4 is 5.32 Å². The van der Waals surface area contributed by atoms with Crippen molar-refractivity contribution >= 4 is 0 Å². The number of likely N-dealkylation sites (N-methyl/N-ethyl adjacent to an activating group) is 1. The minimum atomic E-state index is 0.324. The van der Waals surface area contributed by atoms with Crippen LogP contribution in [0.15, 0.2) is 0 Å². The van der Waals surface area contributed by atoms with Crippen molar-refractivity contribution in [3.05, 3.63) is 0 Å². The third-order valence-electron chi connectivity index (χ3n) is 3.01. The minimum Gasteiger partial charge on any atom is -0.396 e. The second-order valence-electron chi connectivity index (χ2n) is 3.82. The molecule has 1 aliphatic rings. The van der Waals surface area contributed by atoms with Crippen LogP contribution in [0.5, 0.6) is 0 Å². The highest BCUT2D eigenvalue weighted by Crippen LogP contribution is 2.14. The van der Waals surface area contributed by atoms with Gasteiger partial charge in [0.25, 0.3) is 0 Å². The molecule has 2 atom stereocenters. The molecule has 0 aromatic carbocycles. The second kappa shape index (κ2) is 5.58. The van der Waals surface area contributed by atoms with Crippen LogP contribution >= 0.6 is 0 Å². The zero-order chi connectivity index (χ0) is 9.68. The topological polar surface area (TPSA) is 35.5 Å². The van der Waals surface area contributed by atoms with E-state index in [0.717, 1.165) is 32.6 Å². The van der Waals surface area contributed by atoms with Crippen LogP contribution in [-0.4, -0.2) is 48.8 Å². The van der Waals surface area contributed by atoms with Crippen molar-refractivity contribution in [3.8, 4) is 0 Å². The van der Waals surface area contributed by atoms with Crippen LogP contribution in [0.4, 0.5) is 0 Å². The van der Waals surface area contributed by atoms with Gasteiger partial charge in [-0.25, -0.2) is 0 Å². The van der Waals surface area contributed by atoms with Crippen LogP contribution in [0, 0.1) is 5.92 Å². The Labute approximate surface area is 81.1 Å². The van der Waals surface area contributed by atoms with E-state index in [1.54, 1.807) is 0 Å². The summed E-state index contributed by atoms with van der Waals surface area (Å²) in [4.78, 5) is 2.47. The van der Waals surface area contributed by atoms with E-state index in [1.165, 1.54) is 0 Å². The van der Waals surface area contributed by atoms with Gasteiger partial charge in [-0.05, 0) is 25.4 Å². The Balaban J connectivity index is 2.40. The third kappa shape index (κ3) is 2.93. The molecule has 0 amide bonds. The van der Waals surface area contributed by atoms with Crippen molar-refractivity contribution in [1.82, 2.24) is 10.2 Å². The Bertz CT molecular complexity index is 137. The molecule has 0 saturated carbocycles. The van der Waals surface area contributed by atoms with Gasteiger partial charge in [-0.3, -0.25) is 4.90 Å². The van der Waals surface area contributed by atoms with Crippen molar-refractivity contribution < 1.29 is 5.11 Å². The quantitative estimate of drug-likeness (QED) is 0.663. The Hall–Kier alpha value is -0.120. The van der Waals surface area contributed by atoms with Crippen molar-refractivity contribution in [2.75, 3.05) is 32.8 Å². The van der Waals surface area contributed by atoms with Crippen molar-refractivity contribution in [2.24, 2.45) is 5.92 Å². The van der Waals surface area contributed by atoms with Crippen molar-refractivity contribution in [2.45, 2.75) is 26.3 Å². The van der Waals surface area contributed by atoms with Crippen LogP contribution in [0.1, 0.15) is 20.3 Å². The molecule has 78 valence electrons. The number of rotatable bonds is 4. The molecule has 0 radical (unpaired) electrons. The molecule has 3 heteroatoms. The molecule has 1 rings (SSSR count). The molecule has 1 saturated heterocycles. The molecule has 0 aromatic rings. The summed E-state index contributed by atoms with van der Waals surface area (Å²) < 4.78 is 0. The van der Waals surface area contributed by atoms with E-state index in [1.807, 2.05) is 0 Å². The largest absolute Gasteiger partial charge is 0.396 e. The lowest BCUT2D eigenvalue weighted by atomic mass is 9.95.